The van der Waals surface area contributed by atoms with Gasteiger partial charge in [0.15, 0.2) is 11.5 Å². The van der Waals surface area contributed by atoms with Crippen molar-refractivity contribution in [1.82, 2.24) is 15.6 Å². The minimum Gasteiger partial charge on any atom is -0.504 e. The zero-order chi connectivity index (χ0) is 18.5. The van der Waals surface area contributed by atoms with Gasteiger partial charge in [0.1, 0.15) is 5.69 Å². The molecule has 0 fully saturated rings. The van der Waals surface area contributed by atoms with Gasteiger partial charge in [-0.1, -0.05) is 30.3 Å². The molecule has 0 aliphatic carbocycles. The monoisotopic (exact) mass is 350 g/mol. The van der Waals surface area contributed by atoms with Crippen molar-refractivity contribution in [3.8, 4) is 22.8 Å². The highest BCUT2D eigenvalue weighted by Gasteiger charge is 2.16. The number of ether oxygens (including phenoxy) is 1. The molecule has 3 aromatic rings. The number of rotatable bonds is 5. The fourth-order valence-electron chi connectivity index (χ4n) is 2.49. The third kappa shape index (κ3) is 3.56. The van der Waals surface area contributed by atoms with Crippen LogP contribution in [-0.2, 0) is 0 Å². The van der Waals surface area contributed by atoms with Crippen LogP contribution in [0.5, 0.6) is 11.5 Å². The number of phenolic OH excluding ortho intramolecular Hbond substituents is 1. The van der Waals surface area contributed by atoms with Gasteiger partial charge in [-0.25, -0.2) is 5.43 Å². The van der Waals surface area contributed by atoms with Crippen molar-refractivity contribution in [3.05, 3.63) is 65.4 Å². The second-order valence-electron chi connectivity index (χ2n) is 5.57. The Labute approximate surface area is 150 Å². The molecule has 26 heavy (non-hydrogen) atoms. The number of nitrogens with zero attached hydrogens (tertiary/aromatic N) is 2. The number of H-pyrrole nitrogens is 1. The molecule has 1 aromatic heterocycles. The molecule has 7 heteroatoms. The number of hydrazone groups is 1. The van der Waals surface area contributed by atoms with Crippen molar-refractivity contribution in [2.24, 2.45) is 5.10 Å². The zero-order valence-electron chi connectivity index (χ0n) is 14.4. The summed E-state index contributed by atoms with van der Waals surface area (Å²) in [5.41, 5.74) is 5.89. The van der Waals surface area contributed by atoms with Gasteiger partial charge >= 0.3 is 0 Å². The molecular formula is C19H18N4O3. The molecule has 0 saturated carbocycles. The van der Waals surface area contributed by atoms with E-state index >= 15 is 0 Å². The number of carbonyl (C=O) groups is 1. The van der Waals surface area contributed by atoms with E-state index in [1.54, 1.807) is 12.1 Å². The van der Waals surface area contributed by atoms with Gasteiger partial charge in [0.05, 0.1) is 19.0 Å². The maximum atomic E-state index is 12.3. The van der Waals surface area contributed by atoms with Crippen molar-refractivity contribution in [1.29, 1.82) is 0 Å². The largest absolute Gasteiger partial charge is 0.504 e. The highest BCUT2D eigenvalue weighted by atomic mass is 16.5. The molecule has 0 bridgehead atoms. The second-order valence-corrected chi connectivity index (χ2v) is 5.57. The molecule has 1 heterocycles. The highest BCUT2D eigenvalue weighted by Crippen LogP contribution is 2.25. The molecule has 3 rings (SSSR count). The number of aromatic nitrogens is 2. The van der Waals surface area contributed by atoms with Crippen molar-refractivity contribution < 1.29 is 14.6 Å². The summed E-state index contributed by atoms with van der Waals surface area (Å²) < 4.78 is 5.03. The van der Waals surface area contributed by atoms with Crippen molar-refractivity contribution in [2.75, 3.05) is 7.11 Å². The van der Waals surface area contributed by atoms with E-state index in [0.717, 1.165) is 16.8 Å². The molecule has 0 unspecified atom stereocenters. The van der Waals surface area contributed by atoms with E-state index in [1.165, 1.54) is 19.4 Å². The number of benzene rings is 2. The Morgan fingerprint density at radius 3 is 2.77 bits per heavy atom. The van der Waals surface area contributed by atoms with Gasteiger partial charge in [-0.05, 0) is 30.7 Å². The van der Waals surface area contributed by atoms with Crippen LogP contribution in [0.4, 0.5) is 0 Å². The summed E-state index contributed by atoms with van der Waals surface area (Å²) in [6.45, 7) is 1.83. The molecule has 0 aliphatic heterocycles. The molecule has 0 radical (unpaired) electrons. The Bertz CT molecular complexity index is 949. The summed E-state index contributed by atoms with van der Waals surface area (Å²) in [6.07, 6.45) is 1.46. The van der Waals surface area contributed by atoms with E-state index in [-0.39, 0.29) is 11.7 Å². The lowest BCUT2D eigenvalue weighted by atomic mass is 10.1. The first-order valence-electron chi connectivity index (χ1n) is 7.91. The third-order valence-corrected chi connectivity index (χ3v) is 3.87. The van der Waals surface area contributed by atoms with Gasteiger partial charge in [0.2, 0.25) is 0 Å². The lowest BCUT2D eigenvalue weighted by Gasteiger charge is -2.03. The van der Waals surface area contributed by atoms with Crippen LogP contribution in [-0.4, -0.2) is 34.5 Å². The van der Waals surface area contributed by atoms with Gasteiger partial charge in [0, 0.05) is 11.1 Å². The number of phenols is 1. The maximum Gasteiger partial charge on any atom is 0.289 e. The molecule has 2 aromatic carbocycles. The number of aromatic hydroxyl groups is 1. The minimum atomic E-state index is -0.390. The van der Waals surface area contributed by atoms with Gasteiger partial charge < -0.3 is 9.84 Å². The smallest absolute Gasteiger partial charge is 0.289 e. The van der Waals surface area contributed by atoms with Gasteiger partial charge in [-0.2, -0.15) is 10.2 Å². The molecule has 1 amide bonds. The number of methoxy groups -OCH3 is 1. The average molecular weight is 350 g/mol. The predicted octanol–water partition coefficient (Wildman–Crippen LogP) is 2.86. The molecule has 0 atom stereocenters. The van der Waals surface area contributed by atoms with Crippen LogP contribution < -0.4 is 10.2 Å². The summed E-state index contributed by atoms with van der Waals surface area (Å²) >= 11 is 0. The Morgan fingerprint density at radius 2 is 2.04 bits per heavy atom. The molecule has 0 saturated heterocycles. The number of nitrogens with one attached hydrogen (secondary N) is 2. The van der Waals surface area contributed by atoms with Crippen LogP contribution in [0.25, 0.3) is 11.3 Å². The minimum absolute atomic E-state index is 0.0372. The fraction of sp³-hybridized carbons (Fsp3) is 0.105. The number of aromatic amines is 1. The first kappa shape index (κ1) is 17.2. The van der Waals surface area contributed by atoms with Crippen LogP contribution >= 0.6 is 0 Å². The summed E-state index contributed by atoms with van der Waals surface area (Å²) in [7, 11) is 1.46. The van der Waals surface area contributed by atoms with Crippen molar-refractivity contribution in [3.63, 3.8) is 0 Å². The van der Waals surface area contributed by atoms with E-state index in [1.807, 2.05) is 37.3 Å². The maximum absolute atomic E-state index is 12.3. The van der Waals surface area contributed by atoms with Crippen molar-refractivity contribution in [2.45, 2.75) is 6.92 Å². The summed E-state index contributed by atoms with van der Waals surface area (Å²) in [4.78, 5) is 12.3. The van der Waals surface area contributed by atoms with Gasteiger partial charge in [-0.3, -0.25) is 9.89 Å². The number of hydrogen-bond acceptors (Lipinski definition) is 5. The molecule has 0 spiro atoms. The van der Waals surface area contributed by atoms with Gasteiger partial charge in [-0.15, -0.1) is 0 Å². The van der Waals surface area contributed by atoms with E-state index in [0.29, 0.717) is 17.0 Å². The molecule has 3 N–H and O–H groups in total. The quantitative estimate of drug-likeness (QED) is 0.487. The molecule has 132 valence electrons. The number of hydrogen-bond donors (Lipinski definition) is 3. The summed E-state index contributed by atoms with van der Waals surface area (Å²) in [5, 5.41) is 20.5. The first-order chi connectivity index (χ1) is 12.6. The zero-order valence-corrected chi connectivity index (χ0v) is 14.4. The molecular weight excluding hydrogens is 332 g/mol. The topological polar surface area (TPSA) is 99.6 Å². The van der Waals surface area contributed by atoms with Crippen LogP contribution in [0.3, 0.4) is 0 Å². The van der Waals surface area contributed by atoms with Crippen molar-refractivity contribution >= 4 is 12.1 Å². The molecule has 7 nitrogen and oxygen atoms in total. The second kappa shape index (κ2) is 7.52. The fourth-order valence-corrected chi connectivity index (χ4v) is 2.49. The standard InChI is InChI=1S/C19H18N4O3/c1-12-17(14-6-4-3-5-7-14)21-22-18(12)19(25)23-20-11-13-8-9-15(24)16(10-13)26-2/h3-11,24H,1-2H3,(H,21,22)(H,23,25). The highest BCUT2D eigenvalue weighted by molar-refractivity contribution is 5.96. The van der Waals surface area contributed by atoms with Crippen LogP contribution in [0, 0.1) is 6.92 Å². The van der Waals surface area contributed by atoms with Gasteiger partial charge in [0.25, 0.3) is 5.91 Å². The summed E-state index contributed by atoms with van der Waals surface area (Å²) in [5.74, 6) is -0.0217. The predicted molar refractivity (Wildman–Crippen MR) is 98.5 cm³/mol. The first-order valence-corrected chi connectivity index (χ1v) is 7.91. The van der Waals surface area contributed by atoms with E-state index in [2.05, 4.69) is 20.7 Å². The van der Waals surface area contributed by atoms with E-state index in [4.69, 9.17) is 4.74 Å². The van der Waals surface area contributed by atoms with Crippen LogP contribution in [0.15, 0.2) is 53.6 Å². The van der Waals surface area contributed by atoms with Crippen LogP contribution in [0.2, 0.25) is 0 Å². The summed E-state index contributed by atoms with van der Waals surface area (Å²) in [6, 6.07) is 14.4. The number of amides is 1. The van der Waals surface area contributed by atoms with Crippen LogP contribution in [0.1, 0.15) is 21.6 Å². The Kier molecular flexibility index (Phi) is 4.98. The lowest BCUT2D eigenvalue weighted by Crippen LogP contribution is -2.19. The SMILES string of the molecule is COc1cc(C=NNC(=O)c2[nH]nc(-c3ccccc3)c2C)ccc1O. The Balaban J connectivity index is 1.72. The third-order valence-electron chi connectivity index (χ3n) is 3.87. The average Bonchev–Trinajstić information content (AvgIpc) is 3.05. The number of carbonyl (C=O) groups excluding carboxylic acids is 1. The van der Waals surface area contributed by atoms with E-state index < -0.39 is 0 Å². The Morgan fingerprint density at radius 1 is 1.27 bits per heavy atom. The Hall–Kier alpha value is -3.61. The van der Waals surface area contributed by atoms with E-state index in [9.17, 15) is 9.90 Å². The molecule has 0 aliphatic rings. The lowest BCUT2D eigenvalue weighted by molar-refractivity contribution is 0.0949. The normalized spacial score (nSPS) is 10.8.